The molecule has 0 saturated carbocycles. The van der Waals surface area contributed by atoms with Crippen LogP contribution in [-0.2, 0) is 17.6 Å². The van der Waals surface area contributed by atoms with Crippen molar-refractivity contribution in [2.24, 2.45) is 0 Å². The SMILES string of the molecule is O=C1CCc2cc(-c3ccc4nccc(C(=O)O)c4c3)ccc2C1. The lowest BCUT2D eigenvalue weighted by Gasteiger charge is -2.16. The molecule has 4 heteroatoms. The van der Waals surface area contributed by atoms with Crippen molar-refractivity contribution in [1.29, 1.82) is 0 Å². The Kier molecular flexibility index (Phi) is 3.38. The molecule has 0 bridgehead atoms. The smallest absolute Gasteiger partial charge is 0.336 e. The molecule has 0 aliphatic heterocycles. The van der Waals surface area contributed by atoms with E-state index in [9.17, 15) is 14.7 Å². The van der Waals surface area contributed by atoms with E-state index in [-0.39, 0.29) is 11.3 Å². The van der Waals surface area contributed by atoms with E-state index >= 15 is 0 Å². The van der Waals surface area contributed by atoms with Crippen molar-refractivity contribution in [2.75, 3.05) is 0 Å². The van der Waals surface area contributed by atoms with Gasteiger partial charge in [0, 0.05) is 24.4 Å². The van der Waals surface area contributed by atoms with Gasteiger partial charge in [-0.1, -0.05) is 24.3 Å². The minimum atomic E-state index is -0.955. The highest BCUT2D eigenvalue weighted by Gasteiger charge is 2.16. The fraction of sp³-hybridized carbons (Fsp3) is 0.150. The van der Waals surface area contributed by atoms with Crippen LogP contribution in [0.3, 0.4) is 0 Å². The van der Waals surface area contributed by atoms with Gasteiger partial charge in [0.15, 0.2) is 0 Å². The Labute approximate surface area is 138 Å². The van der Waals surface area contributed by atoms with Gasteiger partial charge in [-0.15, -0.1) is 0 Å². The summed E-state index contributed by atoms with van der Waals surface area (Å²) in [6, 6.07) is 13.3. The average Bonchev–Trinajstić information content (AvgIpc) is 2.60. The van der Waals surface area contributed by atoms with Crippen LogP contribution in [0.1, 0.15) is 27.9 Å². The van der Waals surface area contributed by atoms with E-state index in [1.807, 2.05) is 30.3 Å². The minimum Gasteiger partial charge on any atom is -0.478 e. The molecule has 2 aromatic carbocycles. The first kappa shape index (κ1) is 14.6. The number of Topliss-reactive ketones (excluding diaryl/α,β-unsaturated/α-hetero) is 1. The molecule has 0 radical (unpaired) electrons. The van der Waals surface area contributed by atoms with Gasteiger partial charge in [-0.25, -0.2) is 4.79 Å². The molecular formula is C20H15NO3. The van der Waals surface area contributed by atoms with E-state index in [0.717, 1.165) is 23.1 Å². The summed E-state index contributed by atoms with van der Waals surface area (Å²) >= 11 is 0. The number of carboxylic acid groups (broad SMARTS) is 1. The molecule has 0 saturated heterocycles. The normalized spacial score (nSPS) is 13.8. The van der Waals surface area contributed by atoms with E-state index in [0.29, 0.717) is 23.7 Å². The molecule has 0 amide bonds. The van der Waals surface area contributed by atoms with E-state index in [1.165, 1.54) is 17.8 Å². The Hall–Kier alpha value is -3.01. The molecule has 1 heterocycles. The molecule has 118 valence electrons. The van der Waals surface area contributed by atoms with Gasteiger partial charge in [0.1, 0.15) is 5.78 Å². The van der Waals surface area contributed by atoms with Crippen molar-refractivity contribution >= 4 is 22.7 Å². The molecule has 0 unspecified atom stereocenters. The quantitative estimate of drug-likeness (QED) is 0.783. The Bertz CT molecular complexity index is 991. The minimum absolute atomic E-state index is 0.255. The molecular weight excluding hydrogens is 302 g/mol. The highest BCUT2D eigenvalue weighted by molar-refractivity contribution is 6.03. The summed E-state index contributed by atoms with van der Waals surface area (Å²) < 4.78 is 0. The van der Waals surface area contributed by atoms with Crippen LogP contribution in [0.4, 0.5) is 0 Å². The van der Waals surface area contributed by atoms with Crippen molar-refractivity contribution in [3.05, 3.63) is 65.4 Å². The summed E-state index contributed by atoms with van der Waals surface area (Å²) in [6.45, 7) is 0. The third-order valence-corrected chi connectivity index (χ3v) is 4.57. The molecule has 4 nitrogen and oxygen atoms in total. The van der Waals surface area contributed by atoms with Gasteiger partial charge in [0.05, 0.1) is 11.1 Å². The topological polar surface area (TPSA) is 67.3 Å². The zero-order valence-electron chi connectivity index (χ0n) is 13.0. The Morgan fingerprint density at radius 2 is 1.75 bits per heavy atom. The number of hydrogen-bond donors (Lipinski definition) is 1. The maximum atomic E-state index is 11.6. The van der Waals surface area contributed by atoms with E-state index in [1.54, 1.807) is 0 Å². The number of carbonyl (C=O) groups is 2. The number of carbonyl (C=O) groups excluding carboxylic acids is 1. The summed E-state index contributed by atoms with van der Waals surface area (Å²) in [7, 11) is 0. The summed E-state index contributed by atoms with van der Waals surface area (Å²) in [4.78, 5) is 27.2. The van der Waals surface area contributed by atoms with Gasteiger partial charge >= 0.3 is 5.97 Å². The predicted molar refractivity (Wildman–Crippen MR) is 91.2 cm³/mol. The lowest BCUT2D eigenvalue weighted by atomic mass is 9.88. The molecule has 4 rings (SSSR count). The van der Waals surface area contributed by atoms with Crippen LogP contribution in [-0.4, -0.2) is 21.8 Å². The molecule has 1 N–H and O–H groups in total. The largest absolute Gasteiger partial charge is 0.478 e. The zero-order valence-corrected chi connectivity index (χ0v) is 13.0. The van der Waals surface area contributed by atoms with Crippen molar-refractivity contribution in [1.82, 2.24) is 4.98 Å². The highest BCUT2D eigenvalue weighted by Crippen LogP contribution is 2.29. The van der Waals surface area contributed by atoms with E-state index in [2.05, 4.69) is 11.1 Å². The number of hydrogen-bond acceptors (Lipinski definition) is 3. The third-order valence-electron chi connectivity index (χ3n) is 4.57. The van der Waals surface area contributed by atoms with Gasteiger partial charge in [0.25, 0.3) is 0 Å². The Morgan fingerprint density at radius 3 is 2.58 bits per heavy atom. The number of pyridine rings is 1. The van der Waals surface area contributed by atoms with Gasteiger partial charge in [-0.3, -0.25) is 9.78 Å². The maximum absolute atomic E-state index is 11.6. The Balaban J connectivity index is 1.83. The van der Waals surface area contributed by atoms with Gasteiger partial charge in [-0.2, -0.15) is 0 Å². The second-order valence-electron chi connectivity index (χ2n) is 6.09. The number of fused-ring (bicyclic) bond motifs is 2. The second kappa shape index (κ2) is 5.57. The summed E-state index contributed by atoms with van der Waals surface area (Å²) in [5, 5.41) is 10.0. The van der Waals surface area contributed by atoms with Crippen LogP contribution < -0.4 is 0 Å². The molecule has 1 aliphatic carbocycles. The van der Waals surface area contributed by atoms with Crippen LogP contribution in [0.25, 0.3) is 22.0 Å². The van der Waals surface area contributed by atoms with Crippen LogP contribution in [0.2, 0.25) is 0 Å². The number of rotatable bonds is 2. The lowest BCUT2D eigenvalue weighted by Crippen LogP contribution is -2.12. The monoisotopic (exact) mass is 317 g/mol. The zero-order chi connectivity index (χ0) is 16.7. The number of ketones is 1. The second-order valence-corrected chi connectivity index (χ2v) is 6.09. The molecule has 3 aromatic rings. The average molecular weight is 317 g/mol. The van der Waals surface area contributed by atoms with Crippen LogP contribution in [0.5, 0.6) is 0 Å². The summed E-state index contributed by atoms with van der Waals surface area (Å²) in [6.07, 6.45) is 3.40. The number of carboxylic acids is 1. The maximum Gasteiger partial charge on any atom is 0.336 e. The number of benzene rings is 2. The highest BCUT2D eigenvalue weighted by atomic mass is 16.4. The van der Waals surface area contributed by atoms with E-state index in [4.69, 9.17) is 0 Å². The first-order valence-electron chi connectivity index (χ1n) is 7.88. The molecule has 1 aromatic heterocycles. The summed E-state index contributed by atoms with van der Waals surface area (Å²) in [5.74, 6) is -0.665. The third kappa shape index (κ3) is 2.46. The fourth-order valence-corrected chi connectivity index (χ4v) is 3.30. The molecule has 0 fully saturated rings. The number of aromatic carboxylic acids is 1. The summed E-state index contributed by atoms with van der Waals surface area (Å²) in [5.41, 5.74) is 5.22. The molecule has 24 heavy (non-hydrogen) atoms. The number of aromatic nitrogens is 1. The van der Waals surface area contributed by atoms with E-state index < -0.39 is 5.97 Å². The first-order valence-corrected chi connectivity index (χ1v) is 7.88. The van der Waals surface area contributed by atoms with Crippen molar-refractivity contribution < 1.29 is 14.7 Å². The first-order chi connectivity index (χ1) is 11.6. The standard InChI is InChI=1S/C20H15NO3/c22-16-5-3-13-9-12(1-2-14(13)10-16)15-4-6-19-18(11-15)17(20(23)24)7-8-21-19/h1-2,4,6-9,11H,3,5,10H2,(H,23,24). The number of aryl methyl sites for hydroxylation is 1. The van der Waals surface area contributed by atoms with Crippen molar-refractivity contribution in [3.8, 4) is 11.1 Å². The van der Waals surface area contributed by atoms with Crippen LogP contribution >= 0.6 is 0 Å². The lowest BCUT2D eigenvalue weighted by molar-refractivity contribution is -0.118. The van der Waals surface area contributed by atoms with Crippen molar-refractivity contribution in [2.45, 2.75) is 19.3 Å². The number of nitrogens with zero attached hydrogens (tertiary/aromatic N) is 1. The molecule has 0 atom stereocenters. The van der Waals surface area contributed by atoms with Crippen molar-refractivity contribution in [3.63, 3.8) is 0 Å². The predicted octanol–water partition coefficient (Wildman–Crippen LogP) is 3.66. The van der Waals surface area contributed by atoms with Crippen LogP contribution in [0, 0.1) is 0 Å². The fourth-order valence-electron chi connectivity index (χ4n) is 3.30. The van der Waals surface area contributed by atoms with Crippen LogP contribution in [0.15, 0.2) is 48.7 Å². The Morgan fingerprint density at radius 1 is 0.958 bits per heavy atom. The molecule has 0 spiro atoms. The van der Waals surface area contributed by atoms with Gasteiger partial charge in [-0.05, 0) is 46.9 Å². The van der Waals surface area contributed by atoms with Gasteiger partial charge < -0.3 is 5.11 Å². The van der Waals surface area contributed by atoms with Gasteiger partial charge in [0.2, 0.25) is 0 Å². The molecule has 1 aliphatic rings.